The van der Waals surface area contributed by atoms with Crippen LogP contribution in [0.3, 0.4) is 0 Å². The van der Waals surface area contributed by atoms with Crippen molar-refractivity contribution < 1.29 is 9.53 Å². The summed E-state index contributed by atoms with van der Waals surface area (Å²) in [5, 5.41) is 3.96. The van der Waals surface area contributed by atoms with Crippen LogP contribution in [0, 0.1) is 19.8 Å². The maximum Gasteiger partial charge on any atom is 0.428 e. The molecule has 0 unspecified atom stereocenters. The number of nitrogens with zero attached hydrogens (tertiary/aromatic N) is 2. The summed E-state index contributed by atoms with van der Waals surface area (Å²) in [6.07, 6.45) is 1.11. The van der Waals surface area contributed by atoms with E-state index in [1.165, 1.54) is 5.69 Å². The molecule has 0 atom stereocenters. The molecule has 0 radical (unpaired) electrons. The van der Waals surface area contributed by atoms with Gasteiger partial charge in [0.25, 0.3) is 0 Å². The Kier molecular flexibility index (Phi) is 5.58. The van der Waals surface area contributed by atoms with E-state index in [0.717, 1.165) is 17.8 Å². The number of aromatic nitrogens is 1. The van der Waals surface area contributed by atoms with Crippen molar-refractivity contribution >= 4 is 12.3 Å². The molecule has 5 heteroatoms. The van der Waals surface area contributed by atoms with Crippen LogP contribution >= 0.6 is 0 Å². The Hall–Kier alpha value is -1.78. The van der Waals surface area contributed by atoms with Crippen molar-refractivity contribution in [1.82, 2.24) is 9.99 Å². The smallest absolute Gasteiger partial charge is 0.428 e. The minimum absolute atomic E-state index is 0.521. The largest absolute Gasteiger partial charge is 0.443 e. The number of hydrazone groups is 1. The Bertz CT molecular complexity index is 522. The molecule has 0 aromatic carbocycles. The number of ether oxygens (including phenoxy) is 1. The van der Waals surface area contributed by atoms with Gasteiger partial charge in [-0.15, -0.1) is 0 Å². The summed E-state index contributed by atoms with van der Waals surface area (Å²) in [6.45, 7) is 14.9. The van der Waals surface area contributed by atoms with Crippen LogP contribution in [-0.4, -0.2) is 22.5 Å². The molecule has 1 rings (SSSR count). The monoisotopic (exact) mass is 293 g/mol. The van der Waals surface area contributed by atoms with Gasteiger partial charge in [0.15, 0.2) is 0 Å². The zero-order valence-electron chi connectivity index (χ0n) is 14.2. The zero-order valence-corrected chi connectivity index (χ0v) is 14.2. The van der Waals surface area contributed by atoms with E-state index in [9.17, 15) is 4.79 Å². The molecule has 5 nitrogen and oxygen atoms in total. The van der Waals surface area contributed by atoms with Crippen LogP contribution in [0.15, 0.2) is 11.2 Å². The average Bonchev–Trinajstić information content (AvgIpc) is 2.54. The Balaban J connectivity index is 2.71. The van der Waals surface area contributed by atoms with Crippen LogP contribution < -0.4 is 5.43 Å². The van der Waals surface area contributed by atoms with E-state index in [-0.39, 0.29) is 0 Å². The molecule has 21 heavy (non-hydrogen) atoms. The number of hydrogen-bond donors (Lipinski definition) is 1. The first-order valence-electron chi connectivity index (χ1n) is 7.29. The van der Waals surface area contributed by atoms with E-state index in [2.05, 4.69) is 48.9 Å². The summed E-state index contributed by atoms with van der Waals surface area (Å²) in [5.74, 6) is 0.583. The topological polar surface area (TPSA) is 55.6 Å². The Morgan fingerprint density at radius 1 is 1.43 bits per heavy atom. The highest BCUT2D eigenvalue weighted by atomic mass is 16.6. The fraction of sp³-hybridized carbons (Fsp3) is 0.625. The van der Waals surface area contributed by atoms with Crippen LogP contribution in [0.25, 0.3) is 0 Å². The third kappa shape index (κ3) is 5.61. The average molecular weight is 293 g/mol. The van der Waals surface area contributed by atoms with E-state index < -0.39 is 11.7 Å². The molecule has 0 spiro atoms. The molecule has 1 heterocycles. The normalized spacial score (nSPS) is 12.2. The van der Waals surface area contributed by atoms with Crippen molar-refractivity contribution in [3.8, 4) is 0 Å². The highest BCUT2D eigenvalue weighted by molar-refractivity contribution is 5.82. The summed E-state index contributed by atoms with van der Waals surface area (Å²) < 4.78 is 7.38. The van der Waals surface area contributed by atoms with Crippen molar-refractivity contribution in [3.05, 3.63) is 23.0 Å². The molecule has 118 valence electrons. The van der Waals surface area contributed by atoms with E-state index in [4.69, 9.17) is 4.74 Å². The highest BCUT2D eigenvalue weighted by Crippen LogP contribution is 2.15. The van der Waals surface area contributed by atoms with E-state index >= 15 is 0 Å². The SMILES string of the molecule is Cc1cc(C=NNC(=O)OC(C)(C)C)c(C)n1CC(C)C. The second kappa shape index (κ2) is 6.78. The van der Waals surface area contributed by atoms with Crippen molar-refractivity contribution in [2.24, 2.45) is 11.0 Å². The molecule has 1 amide bonds. The predicted octanol–water partition coefficient (Wildman–Crippen LogP) is 3.62. The molecule has 1 aromatic heterocycles. The number of nitrogens with one attached hydrogen (secondary N) is 1. The molecule has 0 fully saturated rings. The molecule has 0 aliphatic rings. The molecule has 0 bridgehead atoms. The van der Waals surface area contributed by atoms with Crippen LogP contribution in [0.5, 0.6) is 0 Å². The Morgan fingerprint density at radius 2 is 2.05 bits per heavy atom. The first kappa shape index (κ1) is 17.3. The lowest BCUT2D eigenvalue weighted by atomic mass is 10.2. The highest BCUT2D eigenvalue weighted by Gasteiger charge is 2.15. The van der Waals surface area contributed by atoms with Gasteiger partial charge < -0.3 is 9.30 Å². The zero-order chi connectivity index (χ0) is 16.2. The van der Waals surface area contributed by atoms with Crippen molar-refractivity contribution in [2.75, 3.05) is 0 Å². The summed E-state index contributed by atoms with van der Waals surface area (Å²) >= 11 is 0. The van der Waals surface area contributed by atoms with Gasteiger partial charge in [-0.3, -0.25) is 0 Å². The van der Waals surface area contributed by atoms with Gasteiger partial charge in [0, 0.05) is 23.5 Å². The number of rotatable bonds is 4. The summed E-state index contributed by atoms with van der Waals surface area (Å²) in [5.41, 5.74) is 5.21. The van der Waals surface area contributed by atoms with Crippen LogP contribution in [-0.2, 0) is 11.3 Å². The van der Waals surface area contributed by atoms with Crippen molar-refractivity contribution in [1.29, 1.82) is 0 Å². The van der Waals surface area contributed by atoms with E-state index in [1.807, 2.05) is 20.8 Å². The molecule has 0 aliphatic heterocycles. The Morgan fingerprint density at radius 3 is 2.57 bits per heavy atom. The maximum atomic E-state index is 11.5. The lowest BCUT2D eigenvalue weighted by Gasteiger charge is -2.18. The third-order valence-corrected chi connectivity index (χ3v) is 2.92. The molecular formula is C16H27N3O2. The quantitative estimate of drug-likeness (QED) is 0.681. The minimum Gasteiger partial charge on any atom is -0.443 e. The second-order valence-electron chi connectivity index (χ2n) is 6.70. The van der Waals surface area contributed by atoms with Crippen molar-refractivity contribution in [2.45, 2.75) is 60.6 Å². The Labute approximate surface area is 127 Å². The second-order valence-corrected chi connectivity index (χ2v) is 6.70. The van der Waals surface area contributed by atoms with Crippen LogP contribution in [0.2, 0.25) is 0 Å². The lowest BCUT2D eigenvalue weighted by molar-refractivity contribution is 0.0529. The number of carbonyl (C=O) groups is 1. The summed E-state index contributed by atoms with van der Waals surface area (Å²) in [4.78, 5) is 11.5. The number of hydrogen-bond acceptors (Lipinski definition) is 3. The standard InChI is InChI=1S/C16H27N3O2/c1-11(2)10-19-12(3)8-14(13(19)4)9-17-18-15(20)21-16(5,6)7/h8-9,11H,10H2,1-7H3,(H,18,20). The molecule has 0 saturated carbocycles. The van der Waals surface area contributed by atoms with Gasteiger partial charge in [-0.25, -0.2) is 10.2 Å². The van der Waals surface area contributed by atoms with Gasteiger partial charge in [0.1, 0.15) is 5.60 Å². The molecule has 0 aliphatic carbocycles. The van der Waals surface area contributed by atoms with Gasteiger partial charge in [0.05, 0.1) is 6.21 Å². The lowest BCUT2D eigenvalue weighted by Crippen LogP contribution is -2.29. The minimum atomic E-state index is -0.547. The molecule has 0 saturated heterocycles. The molecular weight excluding hydrogens is 266 g/mol. The third-order valence-electron chi connectivity index (χ3n) is 2.92. The van der Waals surface area contributed by atoms with Gasteiger partial charge >= 0.3 is 6.09 Å². The fourth-order valence-corrected chi connectivity index (χ4v) is 2.06. The number of amides is 1. The summed E-state index contributed by atoms with van der Waals surface area (Å²) in [7, 11) is 0. The first-order chi connectivity index (χ1) is 9.60. The van der Waals surface area contributed by atoms with E-state index in [0.29, 0.717) is 5.92 Å². The molecule has 1 N–H and O–H groups in total. The summed E-state index contributed by atoms with van der Waals surface area (Å²) in [6, 6.07) is 2.07. The van der Waals surface area contributed by atoms with Gasteiger partial charge in [-0.1, -0.05) is 13.8 Å². The van der Waals surface area contributed by atoms with Crippen LogP contribution in [0.1, 0.15) is 51.6 Å². The van der Waals surface area contributed by atoms with Crippen molar-refractivity contribution in [3.63, 3.8) is 0 Å². The maximum absolute atomic E-state index is 11.5. The first-order valence-corrected chi connectivity index (χ1v) is 7.29. The fourth-order valence-electron chi connectivity index (χ4n) is 2.06. The van der Waals surface area contributed by atoms with Gasteiger partial charge in [-0.2, -0.15) is 5.10 Å². The number of carbonyl (C=O) groups excluding carboxylic acids is 1. The number of aryl methyl sites for hydroxylation is 1. The predicted molar refractivity (Wildman–Crippen MR) is 85.7 cm³/mol. The molecule has 1 aromatic rings. The van der Waals surface area contributed by atoms with E-state index in [1.54, 1.807) is 6.21 Å². The van der Waals surface area contributed by atoms with Gasteiger partial charge in [0.2, 0.25) is 0 Å². The van der Waals surface area contributed by atoms with Crippen LogP contribution in [0.4, 0.5) is 4.79 Å². The van der Waals surface area contributed by atoms with Gasteiger partial charge in [-0.05, 0) is 46.6 Å².